The zero-order valence-electron chi connectivity index (χ0n) is 10.7. The molecule has 6 nitrogen and oxygen atoms in total. The van der Waals surface area contributed by atoms with Crippen LogP contribution in [-0.4, -0.2) is 26.0 Å². The van der Waals surface area contributed by atoms with Gasteiger partial charge in [-0.1, -0.05) is 19.3 Å². The summed E-state index contributed by atoms with van der Waals surface area (Å²) in [7, 11) is 0. The predicted octanol–water partition coefficient (Wildman–Crippen LogP) is 2.08. The number of furan rings is 1. The van der Waals surface area contributed by atoms with Gasteiger partial charge in [0.05, 0.1) is 6.26 Å². The van der Waals surface area contributed by atoms with Gasteiger partial charge in [-0.3, -0.25) is 4.79 Å². The first kappa shape index (κ1) is 12.1. The molecular weight excluding hydrogens is 244 g/mol. The molecule has 0 spiro atoms. The molecule has 0 amide bonds. The highest BCUT2D eigenvalue weighted by Crippen LogP contribution is 2.24. The summed E-state index contributed by atoms with van der Waals surface area (Å²) in [6, 6.07) is 3.54. The average Bonchev–Trinajstić information content (AvgIpc) is 3.10. The van der Waals surface area contributed by atoms with Gasteiger partial charge in [-0.15, -0.1) is 10.2 Å². The van der Waals surface area contributed by atoms with Gasteiger partial charge >= 0.3 is 0 Å². The van der Waals surface area contributed by atoms with Crippen LogP contribution in [0.2, 0.25) is 0 Å². The molecule has 1 fully saturated rings. The molecular formula is C13H16N4O2. The Morgan fingerprint density at radius 2 is 2.21 bits per heavy atom. The molecule has 0 saturated heterocycles. The van der Waals surface area contributed by atoms with Gasteiger partial charge in [0.2, 0.25) is 5.82 Å². The Balaban J connectivity index is 1.65. The van der Waals surface area contributed by atoms with Crippen LogP contribution in [0.4, 0.5) is 0 Å². The second kappa shape index (κ2) is 5.34. The molecule has 3 rings (SSSR count). The number of hydrogen-bond acceptors (Lipinski definition) is 5. The van der Waals surface area contributed by atoms with Crippen LogP contribution in [0.3, 0.4) is 0 Å². The molecule has 1 aliphatic carbocycles. The summed E-state index contributed by atoms with van der Waals surface area (Å²) in [5, 5.41) is 12.0. The Morgan fingerprint density at radius 3 is 2.95 bits per heavy atom. The third-order valence-electron chi connectivity index (χ3n) is 3.55. The number of ketones is 1. The van der Waals surface area contributed by atoms with Crippen LogP contribution in [0.15, 0.2) is 22.8 Å². The van der Waals surface area contributed by atoms with Crippen molar-refractivity contribution in [1.29, 1.82) is 0 Å². The Bertz CT molecular complexity index is 541. The van der Waals surface area contributed by atoms with Crippen LogP contribution in [0.1, 0.15) is 32.1 Å². The highest BCUT2D eigenvalue weighted by molar-refractivity contribution is 5.80. The van der Waals surface area contributed by atoms with Gasteiger partial charge in [-0.05, 0) is 30.2 Å². The van der Waals surface area contributed by atoms with Crippen molar-refractivity contribution in [2.24, 2.45) is 5.92 Å². The van der Waals surface area contributed by atoms with Gasteiger partial charge in [0.25, 0.3) is 0 Å². The average molecular weight is 260 g/mol. The van der Waals surface area contributed by atoms with E-state index in [2.05, 4.69) is 15.4 Å². The van der Waals surface area contributed by atoms with Gasteiger partial charge < -0.3 is 4.42 Å². The van der Waals surface area contributed by atoms with Crippen molar-refractivity contribution in [3.8, 4) is 11.6 Å². The van der Waals surface area contributed by atoms with E-state index in [4.69, 9.17) is 4.42 Å². The fourth-order valence-corrected chi connectivity index (χ4v) is 2.51. The van der Waals surface area contributed by atoms with Crippen molar-refractivity contribution in [1.82, 2.24) is 20.2 Å². The van der Waals surface area contributed by atoms with Gasteiger partial charge in [0.15, 0.2) is 11.5 Å². The van der Waals surface area contributed by atoms with Crippen LogP contribution in [-0.2, 0) is 11.3 Å². The standard InChI is InChI=1S/C13H16N4O2/c18-11(10-5-2-1-3-6-10)9-17-15-13(14-16-17)12-7-4-8-19-12/h4,7-8,10H,1-3,5-6,9H2. The highest BCUT2D eigenvalue weighted by atomic mass is 16.3. The van der Waals surface area contributed by atoms with Crippen LogP contribution in [0.5, 0.6) is 0 Å². The minimum atomic E-state index is 0.173. The van der Waals surface area contributed by atoms with E-state index in [1.54, 1.807) is 18.4 Å². The summed E-state index contributed by atoms with van der Waals surface area (Å²) in [4.78, 5) is 13.5. The minimum absolute atomic E-state index is 0.173. The number of aromatic nitrogens is 4. The Labute approximate surface area is 110 Å². The maximum absolute atomic E-state index is 12.1. The first-order valence-corrected chi connectivity index (χ1v) is 6.67. The fourth-order valence-electron chi connectivity index (χ4n) is 2.51. The maximum atomic E-state index is 12.1. The van der Waals surface area contributed by atoms with Crippen molar-refractivity contribution < 1.29 is 9.21 Å². The SMILES string of the molecule is O=C(Cn1nnc(-c2ccco2)n1)C1CCCCC1. The lowest BCUT2D eigenvalue weighted by molar-refractivity contribution is -0.124. The molecule has 2 aromatic heterocycles. The zero-order chi connectivity index (χ0) is 13.1. The van der Waals surface area contributed by atoms with Gasteiger partial charge in [0.1, 0.15) is 6.54 Å². The normalized spacial score (nSPS) is 16.6. The van der Waals surface area contributed by atoms with Crippen molar-refractivity contribution in [2.45, 2.75) is 38.6 Å². The lowest BCUT2D eigenvalue weighted by Gasteiger charge is -2.19. The molecule has 100 valence electrons. The Kier molecular flexibility index (Phi) is 3.39. The van der Waals surface area contributed by atoms with E-state index in [1.807, 2.05) is 0 Å². The second-order valence-electron chi connectivity index (χ2n) is 4.92. The molecule has 19 heavy (non-hydrogen) atoms. The summed E-state index contributed by atoms with van der Waals surface area (Å²) in [5.41, 5.74) is 0. The molecule has 0 bridgehead atoms. The van der Waals surface area contributed by atoms with Crippen molar-refractivity contribution in [2.75, 3.05) is 0 Å². The molecule has 1 aliphatic rings. The molecule has 0 radical (unpaired) electrons. The fraction of sp³-hybridized carbons (Fsp3) is 0.538. The topological polar surface area (TPSA) is 73.8 Å². The number of tetrazole rings is 1. The quantitative estimate of drug-likeness (QED) is 0.841. The summed E-state index contributed by atoms with van der Waals surface area (Å²) >= 11 is 0. The van der Waals surface area contributed by atoms with Crippen molar-refractivity contribution in [3.05, 3.63) is 18.4 Å². The number of carbonyl (C=O) groups excluding carboxylic acids is 1. The first-order valence-electron chi connectivity index (χ1n) is 6.67. The molecule has 2 heterocycles. The molecule has 0 aliphatic heterocycles. The molecule has 6 heteroatoms. The molecule has 0 aromatic carbocycles. The van der Waals surface area contributed by atoms with E-state index < -0.39 is 0 Å². The molecule has 0 atom stereocenters. The molecule has 0 unspecified atom stereocenters. The Morgan fingerprint density at radius 1 is 1.37 bits per heavy atom. The van der Waals surface area contributed by atoms with Crippen LogP contribution < -0.4 is 0 Å². The van der Waals surface area contributed by atoms with Crippen molar-refractivity contribution >= 4 is 5.78 Å². The van der Waals surface area contributed by atoms with E-state index in [0.717, 1.165) is 25.7 Å². The summed E-state index contributed by atoms with van der Waals surface area (Å²) in [6.07, 6.45) is 7.10. The second-order valence-corrected chi connectivity index (χ2v) is 4.92. The predicted molar refractivity (Wildman–Crippen MR) is 67.1 cm³/mol. The van der Waals surface area contributed by atoms with Gasteiger partial charge in [0, 0.05) is 5.92 Å². The lowest BCUT2D eigenvalue weighted by atomic mass is 9.86. The smallest absolute Gasteiger partial charge is 0.240 e. The van der Waals surface area contributed by atoms with E-state index in [1.165, 1.54) is 11.2 Å². The van der Waals surface area contributed by atoms with E-state index in [-0.39, 0.29) is 18.2 Å². The van der Waals surface area contributed by atoms with E-state index in [0.29, 0.717) is 11.6 Å². The Hall–Kier alpha value is -1.98. The molecule has 2 aromatic rings. The van der Waals surface area contributed by atoms with Gasteiger partial charge in [-0.2, -0.15) is 4.80 Å². The summed E-state index contributed by atoms with van der Waals surface area (Å²) in [5.74, 6) is 1.37. The third-order valence-corrected chi connectivity index (χ3v) is 3.55. The number of hydrogen-bond donors (Lipinski definition) is 0. The molecule has 0 N–H and O–H groups in total. The minimum Gasteiger partial charge on any atom is -0.461 e. The van der Waals surface area contributed by atoms with Crippen LogP contribution in [0, 0.1) is 5.92 Å². The highest BCUT2D eigenvalue weighted by Gasteiger charge is 2.22. The maximum Gasteiger partial charge on any atom is 0.240 e. The van der Waals surface area contributed by atoms with E-state index >= 15 is 0 Å². The number of Topliss-reactive ketones (excluding diaryl/α,β-unsaturated/α-hetero) is 1. The van der Waals surface area contributed by atoms with E-state index in [9.17, 15) is 4.79 Å². The van der Waals surface area contributed by atoms with Crippen LogP contribution >= 0.6 is 0 Å². The zero-order valence-corrected chi connectivity index (χ0v) is 10.7. The monoisotopic (exact) mass is 260 g/mol. The van der Waals surface area contributed by atoms with Gasteiger partial charge in [-0.25, -0.2) is 0 Å². The number of rotatable bonds is 4. The van der Waals surface area contributed by atoms with Crippen LogP contribution in [0.25, 0.3) is 11.6 Å². The van der Waals surface area contributed by atoms with Crippen molar-refractivity contribution in [3.63, 3.8) is 0 Å². The summed E-state index contributed by atoms with van der Waals surface area (Å²) < 4.78 is 5.19. The number of nitrogens with zero attached hydrogens (tertiary/aromatic N) is 4. The molecule has 1 saturated carbocycles. The lowest BCUT2D eigenvalue weighted by Crippen LogP contribution is -2.23. The first-order chi connectivity index (χ1) is 9.33. The third kappa shape index (κ3) is 2.72. The largest absolute Gasteiger partial charge is 0.461 e. The number of carbonyl (C=O) groups is 1. The summed E-state index contributed by atoms with van der Waals surface area (Å²) in [6.45, 7) is 0.207.